The molecule has 2 aromatic rings. The summed E-state index contributed by atoms with van der Waals surface area (Å²) in [6.07, 6.45) is -5.52. The molecular weight excluding hydrogens is 480 g/mol. The van der Waals surface area contributed by atoms with E-state index >= 15 is 4.39 Å². The third kappa shape index (κ3) is 5.60. The molecule has 2 amide bonds. The van der Waals surface area contributed by atoms with Crippen LogP contribution < -0.4 is 10.3 Å². The standard InChI is InChI=1S/C25H26F4N4O3/c1-2-21(34)32-12-10-16(11-13-32)23(35)33(19-6-4-3-5-7-19)15-18-9-8-17(14-20(18)26)22-30-31-24(36-22)25(27,28)29/h3-9,14,16,24,31H,2,10-13,15H2,1H3. The highest BCUT2D eigenvalue weighted by Crippen LogP contribution is 2.28. The van der Waals surface area contributed by atoms with Gasteiger partial charge in [0, 0.05) is 42.2 Å². The first-order valence-corrected chi connectivity index (χ1v) is 11.7. The molecule has 1 atom stereocenters. The number of hydrazone groups is 1. The van der Waals surface area contributed by atoms with Crippen molar-refractivity contribution in [2.75, 3.05) is 18.0 Å². The Morgan fingerprint density at radius 2 is 1.83 bits per heavy atom. The molecule has 11 heteroatoms. The molecule has 36 heavy (non-hydrogen) atoms. The van der Waals surface area contributed by atoms with Gasteiger partial charge in [-0.15, -0.1) is 5.10 Å². The highest BCUT2D eigenvalue weighted by Gasteiger charge is 2.45. The predicted molar refractivity (Wildman–Crippen MR) is 124 cm³/mol. The average molecular weight is 507 g/mol. The zero-order valence-electron chi connectivity index (χ0n) is 19.6. The first-order valence-electron chi connectivity index (χ1n) is 11.7. The van der Waals surface area contributed by atoms with Crippen LogP contribution in [-0.4, -0.2) is 48.1 Å². The van der Waals surface area contributed by atoms with Crippen molar-refractivity contribution in [3.8, 4) is 0 Å². The molecule has 192 valence electrons. The second kappa shape index (κ2) is 10.5. The number of alkyl halides is 3. The van der Waals surface area contributed by atoms with Crippen molar-refractivity contribution >= 4 is 23.4 Å². The molecule has 4 rings (SSSR count). The van der Waals surface area contributed by atoms with Gasteiger partial charge in [-0.2, -0.15) is 13.2 Å². The molecule has 1 fully saturated rings. The molecule has 1 N–H and O–H groups in total. The second-order valence-corrected chi connectivity index (χ2v) is 8.66. The Hall–Kier alpha value is -3.63. The number of nitrogens with one attached hydrogen (secondary N) is 1. The Balaban J connectivity index is 1.51. The summed E-state index contributed by atoms with van der Waals surface area (Å²) in [5.74, 6) is -1.51. The number of nitrogens with zero attached hydrogens (tertiary/aromatic N) is 3. The van der Waals surface area contributed by atoms with E-state index in [2.05, 4.69) is 5.10 Å². The van der Waals surface area contributed by atoms with Crippen molar-refractivity contribution in [1.29, 1.82) is 0 Å². The Morgan fingerprint density at radius 3 is 2.42 bits per heavy atom. The number of hydrogen-bond acceptors (Lipinski definition) is 5. The summed E-state index contributed by atoms with van der Waals surface area (Å²) >= 11 is 0. The van der Waals surface area contributed by atoms with Crippen LogP contribution in [0.5, 0.6) is 0 Å². The van der Waals surface area contributed by atoms with Crippen LogP contribution in [0.3, 0.4) is 0 Å². The Morgan fingerprint density at radius 1 is 1.14 bits per heavy atom. The van der Waals surface area contributed by atoms with Gasteiger partial charge in [0.25, 0.3) is 6.23 Å². The van der Waals surface area contributed by atoms with Gasteiger partial charge >= 0.3 is 6.18 Å². The van der Waals surface area contributed by atoms with E-state index in [-0.39, 0.29) is 41.3 Å². The van der Waals surface area contributed by atoms with Crippen LogP contribution in [0, 0.1) is 11.7 Å². The van der Waals surface area contributed by atoms with E-state index in [0.717, 1.165) is 6.07 Å². The quantitative estimate of drug-likeness (QED) is 0.597. The van der Waals surface area contributed by atoms with Crippen LogP contribution in [0.4, 0.5) is 23.2 Å². The van der Waals surface area contributed by atoms with Gasteiger partial charge in [-0.1, -0.05) is 31.2 Å². The second-order valence-electron chi connectivity index (χ2n) is 8.66. The van der Waals surface area contributed by atoms with E-state index in [1.165, 1.54) is 17.0 Å². The highest BCUT2D eigenvalue weighted by molar-refractivity contribution is 5.96. The summed E-state index contributed by atoms with van der Waals surface area (Å²) in [5.41, 5.74) is 2.67. The summed E-state index contributed by atoms with van der Waals surface area (Å²) < 4.78 is 58.3. The fraction of sp³-hybridized carbons (Fsp3) is 0.400. The lowest BCUT2D eigenvalue weighted by Gasteiger charge is -2.34. The maximum absolute atomic E-state index is 15.1. The number of benzene rings is 2. The van der Waals surface area contributed by atoms with Crippen LogP contribution in [0.15, 0.2) is 53.6 Å². The van der Waals surface area contributed by atoms with Crippen LogP contribution in [0.2, 0.25) is 0 Å². The lowest BCUT2D eigenvalue weighted by molar-refractivity contribution is -0.201. The smallest absolute Gasteiger partial charge is 0.441 e. The summed E-state index contributed by atoms with van der Waals surface area (Å²) in [5, 5.41) is 3.51. The normalized spacial score (nSPS) is 18.3. The molecule has 7 nitrogen and oxygen atoms in total. The van der Waals surface area contributed by atoms with Gasteiger partial charge in [0.05, 0.1) is 6.54 Å². The topological polar surface area (TPSA) is 74.2 Å². The molecule has 2 aliphatic rings. The molecule has 0 radical (unpaired) electrons. The number of carbonyl (C=O) groups is 2. The van der Waals surface area contributed by atoms with Gasteiger partial charge < -0.3 is 14.5 Å². The van der Waals surface area contributed by atoms with Crippen LogP contribution in [0.1, 0.15) is 37.3 Å². The molecule has 1 saturated heterocycles. The fourth-order valence-corrected chi connectivity index (χ4v) is 4.26. The minimum atomic E-state index is -4.67. The minimum absolute atomic E-state index is 0.0426. The van der Waals surface area contributed by atoms with E-state index in [9.17, 15) is 22.8 Å². The number of anilines is 1. The number of ether oxygens (including phenoxy) is 1. The zero-order chi connectivity index (χ0) is 25.9. The number of hydrogen-bond donors (Lipinski definition) is 1. The first kappa shape index (κ1) is 25.5. The summed E-state index contributed by atoms with van der Waals surface area (Å²) in [7, 11) is 0. The molecule has 1 unspecified atom stereocenters. The predicted octanol–water partition coefficient (Wildman–Crippen LogP) is 4.18. The molecule has 2 aliphatic heterocycles. The lowest BCUT2D eigenvalue weighted by atomic mass is 9.94. The SMILES string of the molecule is CCC(=O)N1CCC(C(=O)N(Cc2ccc(C3=NNC(C(F)(F)F)O3)cc2F)c2ccccc2)CC1. The van der Waals surface area contributed by atoms with Crippen LogP contribution >= 0.6 is 0 Å². The van der Waals surface area contributed by atoms with E-state index in [0.29, 0.717) is 38.0 Å². The van der Waals surface area contributed by atoms with Gasteiger partial charge in [-0.3, -0.25) is 15.0 Å². The zero-order valence-corrected chi connectivity index (χ0v) is 19.6. The van der Waals surface area contributed by atoms with Crippen LogP contribution in [-0.2, 0) is 20.9 Å². The van der Waals surface area contributed by atoms with Gasteiger partial charge in [-0.25, -0.2) is 4.39 Å². The monoisotopic (exact) mass is 506 g/mol. The number of rotatable bonds is 6. The third-order valence-electron chi connectivity index (χ3n) is 6.27. The molecule has 2 aromatic carbocycles. The van der Waals surface area contributed by atoms with Gasteiger partial charge in [0.15, 0.2) is 0 Å². The van der Waals surface area contributed by atoms with Crippen molar-refractivity contribution in [2.24, 2.45) is 11.0 Å². The molecule has 0 spiro atoms. The minimum Gasteiger partial charge on any atom is -0.441 e. The van der Waals surface area contributed by atoms with Crippen molar-refractivity contribution in [1.82, 2.24) is 10.3 Å². The Bertz CT molecular complexity index is 1130. The van der Waals surface area contributed by atoms with Crippen molar-refractivity contribution in [2.45, 2.75) is 45.1 Å². The number of para-hydroxylation sites is 1. The van der Waals surface area contributed by atoms with Crippen LogP contribution in [0.25, 0.3) is 0 Å². The average Bonchev–Trinajstić information content (AvgIpc) is 3.39. The van der Waals surface area contributed by atoms with E-state index in [1.807, 2.05) is 5.43 Å². The highest BCUT2D eigenvalue weighted by atomic mass is 19.4. The van der Waals surface area contributed by atoms with Gasteiger partial charge in [-0.05, 0) is 37.1 Å². The molecule has 0 aromatic heterocycles. The maximum atomic E-state index is 15.1. The molecule has 2 heterocycles. The maximum Gasteiger partial charge on any atom is 0.446 e. The van der Waals surface area contributed by atoms with E-state index in [1.54, 1.807) is 42.2 Å². The number of carbonyl (C=O) groups excluding carboxylic acids is 2. The summed E-state index contributed by atoms with van der Waals surface area (Å²) in [6.45, 7) is 2.71. The van der Waals surface area contributed by atoms with Gasteiger partial charge in [0.2, 0.25) is 17.7 Å². The fourth-order valence-electron chi connectivity index (χ4n) is 4.26. The molecule has 0 bridgehead atoms. The molecular formula is C25H26F4N4O3. The molecule has 0 aliphatic carbocycles. The number of amides is 2. The number of piperidine rings is 1. The number of halogens is 4. The summed E-state index contributed by atoms with van der Waals surface area (Å²) in [4.78, 5) is 28.7. The lowest BCUT2D eigenvalue weighted by Crippen LogP contribution is -2.44. The van der Waals surface area contributed by atoms with E-state index in [4.69, 9.17) is 4.74 Å². The largest absolute Gasteiger partial charge is 0.446 e. The third-order valence-corrected chi connectivity index (χ3v) is 6.27. The Labute approximate surface area is 205 Å². The van der Waals surface area contributed by atoms with Crippen molar-refractivity contribution in [3.63, 3.8) is 0 Å². The first-order chi connectivity index (χ1) is 17.2. The Kier molecular flexibility index (Phi) is 7.46. The van der Waals surface area contributed by atoms with Crippen molar-refractivity contribution < 1.29 is 31.9 Å². The van der Waals surface area contributed by atoms with Crippen molar-refractivity contribution in [3.05, 3.63) is 65.5 Å². The summed E-state index contributed by atoms with van der Waals surface area (Å²) in [6, 6.07) is 12.7. The van der Waals surface area contributed by atoms with E-state index < -0.39 is 18.2 Å². The van der Waals surface area contributed by atoms with Gasteiger partial charge in [0.1, 0.15) is 5.82 Å². The molecule has 0 saturated carbocycles. The number of likely N-dealkylation sites (tertiary alicyclic amines) is 1.